The van der Waals surface area contributed by atoms with Gasteiger partial charge < -0.3 is 9.47 Å². The molecular weight excluding hydrogens is 296 g/mol. The van der Waals surface area contributed by atoms with Gasteiger partial charge in [0.15, 0.2) is 0 Å². The molecule has 0 saturated carbocycles. The molecule has 0 bridgehead atoms. The summed E-state index contributed by atoms with van der Waals surface area (Å²) in [5.41, 5.74) is 1.73. The van der Waals surface area contributed by atoms with Gasteiger partial charge in [-0.15, -0.1) is 0 Å². The van der Waals surface area contributed by atoms with Gasteiger partial charge in [-0.2, -0.15) is 0 Å². The van der Waals surface area contributed by atoms with Gasteiger partial charge in [-0.05, 0) is 35.0 Å². The second-order valence-corrected chi connectivity index (χ2v) is 4.56. The Morgan fingerprint density at radius 2 is 2.06 bits per heavy atom. The Kier molecular flexibility index (Phi) is 4.15. The Labute approximate surface area is 114 Å². The number of hydrogen-bond donors (Lipinski definition) is 0. The zero-order valence-electron chi connectivity index (χ0n) is 10.2. The standard InChI is InChI=1S/C13H13BrN2O2/c1-9-5-12(17-2)6-10(16-9)8-18-11-3-4-13(14)15-7-11/h3-7H,8H2,1-2H3. The van der Waals surface area contributed by atoms with Crippen LogP contribution in [0, 0.1) is 6.92 Å². The molecule has 0 radical (unpaired) electrons. The average Bonchev–Trinajstić information content (AvgIpc) is 2.37. The van der Waals surface area contributed by atoms with E-state index in [9.17, 15) is 0 Å². The molecular formula is C13H13BrN2O2. The molecule has 2 heterocycles. The highest BCUT2D eigenvalue weighted by Crippen LogP contribution is 2.17. The number of methoxy groups -OCH3 is 1. The number of rotatable bonds is 4. The molecule has 0 N–H and O–H groups in total. The zero-order chi connectivity index (χ0) is 13.0. The predicted octanol–water partition coefficient (Wildman–Crippen LogP) is 3.14. The highest BCUT2D eigenvalue weighted by Gasteiger charge is 2.02. The van der Waals surface area contributed by atoms with Gasteiger partial charge in [0.05, 0.1) is 19.0 Å². The lowest BCUT2D eigenvalue weighted by molar-refractivity contribution is 0.298. The SMILES string of the molecule is COc1cc(C)nc(COc2ccc(Br)nc2)c1. The van der Waals surface area contributed by atoms with E-state index in [0.29, 0.717) is 12.4 Å². The summed E-state index contributed by atoms with van der Waals surface area (Å²) in [4.78, 5) is 8.47. The van der Waals surface area contributed by atoms with Crippen LogP contribution < -0.4 is 9.47 Å². The number of ether oxygens (including phenoxy) is 2. The van der Waals surface area contributed by atoms with Crippen LogP contribution in [0.5, 0.6) is 11.5 Å². The van der Waals surface area contributed by atoms with Crippen LogP contribution in [-0.4, -0.2) is 17.1 Å². The highest BCUT2D eigenvalue weighted by atomic mass is 79.9. The first kappa shape index (κ1) is 12.8. The summed E-state index contributed by atoms with van der Waals surface area (Å²) in [6.07, 6.45) is 1.66. The minimum atomic E-state index is 0.390. The molecule has 94 valence electrons. The van der Waals surface area contributed by atoms with Crippen LogP contribution in [0.1, 0.15) is 11.4 Å². The second-order valence-electron chi connectivity index (χ2n) is 3.74. The van der Waals surface area contributed by atoms with Crippen LogP contribution in [0.2, 0.25) is 0 Å². The van der Waals surface area contributed by atoms with Crippen molar-refractivity contribution in [3.63, 3.8) is 0 Å². The first-order valence-electron chi connectivity index (χ1n) is 5.43. The molecule has 0 amide bonds. The van der Waals surface area contributed by atoms with Gasteiger partial charge >= 0.3 is 0 Å². The molecule has 0 spiro atoms. The fourth-order valence-electron chi connectivity index (χ4n) is 1.50. The van der Waals surface area contributed by atoms with Crippen molar-refractivity contribution in [3.05, 3.63) is 46.5 Å². The molecule has 2 aromatic rings. The monoisotopic (exact) mass is 308 g/mol. The minimum absolute atomic E-state index is 0.390. The molecule has 0 fully saturated rings. The molecule has 0 aliphatic carbocycles. The zero-order valence-corrected chi connectivity index (χ0v) is 11.8. The quantitative estimate of drug-likeness (QED) is 0.814. The van der Waals surface area contributed by atoms with Crippen molar-refractivity contribution in [1.82, 2.24) is 9.97 Å². The fourth-order valence-corrected chi connectivity index (χ4v) is 1.73. The Morgan fingerprint density at radius 1 is 1.22 bits per heavy atom. The Morgan fingerprint density at radius 3 is 2.72 bits per heavy atom. The maximum Gasteiger partial charge on any atom is 0.138 e. The Hall–Kier alpha value is -1.62. The van der Waals surface area contributed by atoms with Crippen molar-refractivity contribution in [2.75, 3.05) is 7.11 Å². The number of nitrogens with zero attached hydrogens (tertiary/aromatic N) is 2. The molecule has 0 aliphatic heterocycles. The molecule has 4 nitrogen and oxygen atoms in total. The summed E-state index contributed by atoms with van der Waals surface area (Å²) in [6, 6.07) is 7.42. The van der Waals surface area contributed by atoms with Crippen LogP contribution in [0.4, 0.5) is 0 Å². The largest absolute Gasteiger partial charge is 0.497 e. The number of hydrogen-bond acceptors (Lipinski definition) is 4. The maximum absolute atomic E-state index is 5.60. The third kappa shape index (κ3) is 3.43. The van der Waals surface area contributed by atoms with E-state index in [-0.39, 0.29) is 0 Å². The smallest absolute Gasteiger partial charge is 0.138 e. The summed E-state index contributed by atoms with van der Waals surface area (Å²) < 4.78 is 11.6. The lowest BCUT2D eigenvalue weighted by Gasteiger charge is -2.08. The van der Waals surface area contributed by atoms with Crippen LogP contribution in [-0.2, 0) is 6.61 Å². The summed E-state index contributed by atoms with van der Waals surface area (Å²) in [5.74, 6) is 1.50. The number of aryl methyl sites for hydroxylation is 1. The number of pyridine rings is 2. The minimum Gasteiger partial charge on any atom is -0.497 e. The average molecular weight is 309 g/mol. The van der Waals surface area contributed by atoms with Crippen LogP contribution in [0.25, 0.3) is 0 Å². The van der Waals surface area contributed by atoms with Gasteiger partial charge in [0, 0.05) is 17.8 Å². The van der Waals surface area contributed by atoms with Crippen molar-refractivity contribution in [2.24, 2.45) is 0 Å². The Bertz CT molecular complexity index is 529. The van der Waals surface area contributed by atoms with E-state index in [2.05, 4.69) is 25.9 Å². The molecule has 2 aromatic heterocycles. The van der Waals surface area contributed by atoms with Crippen molar-refractivity contribution in [2.45, 2.75) is 13.5 Å². The van der Waals surface area contributed by atoms with E-state index in [4.69, 9.17) is 9.47 Å². The van der Waals surface area contributed by atoms with Gasteiger partial charge in [-0.25, -0.2) is 4.98 Å². The lowest BCUT2D eigenvalue weighted by Crippen LogP contribution is -2.00. The van der Waals surface area contributed by atoms with Crippen molar-refractivity contribution in [1.29, 1.82) is 0 Å². The van der Waals surface area contributed by atoms with Crippen LogP contribution >= 0.6 is 15.9 Å². The third-order valence-corrected chi connectivity index (χ3v) is 2.77. The van der Waals surface area contributed by atoms with Crippen molar-refractivity contribution in [3.8, 4) is 11.5 Å². The van der Waals surface area contributed by atoms with Gasteiger partial charge in [0.2, 0.25) is 0 Å². The van der Waals surface area contributed by atoms with Gasteiger partial charge in [0.25, 0.3) is 0 Å². The molecule has 0 saturated heterocycles. The Balaban J connectivity index is 2.05. The first-order valence-corrected chi connectivity index (χ1v) is 6.22. The lowest BCUT2D eigenvalue weighted by atomic mass is 10.3. The second kappa shape index (κ2) is 5.82. The first-order chi connectivity index (χ1) is 8.67. The predicted molar refractivity (Wildman–Crippen MR) is 71.8 cm³/mol. The van der Waals surface area contributed by atoms with Gasteiger partial charge in [-0.3, -0.25) is 4.98 Å². The molecule has 5 heteroatoms. The molecule has 0 atom stereocenters. The molecule has 2 rings (SSSR count). The summed E-state index contributed by atoms with van der Waals surface area (Å²) >= 11 is 3.27. The van der Waals surface area contributed by atoms with Gasteiger partial charge in [0.1, 0.15) is 22.7 Å². The maximum atomic E-state index is 5.60. The summed E-state index contributed by atoms with van der Waals surface area (Å²) in [6.45, 7) is 2.31. The highest BCUT2D eigenvalue weighted by molar-refractivity contribution is 9.10. The van der Waals surface area contributed by atoms with Crippen molar-refractivity contribution < 1.29 is 9.47 Å². The number of aromatic nitrogens is 2. The van der Waals surface area contributed by atoms with E-state index in [0.717, 1.165) is 21.7 Å². The fraction of sp³-hybridized carbons (Fsp3) is 0.231. The topological polar surface area (TPSA) is 44.2 Å². The number of halogens is 1. The summed E-state index contributed by atoms with van der Waals surface area (Å²) in [7, 11) is 1.64. The van der Waals surface area contributed by atoms with E-state index in [1.165, 1.54) is 0 Å². The van der Waals surface area contributed by atoms with Crippen molar-refractivity contribution >= 4 is 15.9 Å². The molecule has 0 aromatic carbocycles. The third-order valence-electron chi connectivity index (χ3n) is 2.30. The summed E-state index contributed by atoms with van der Waals surface area (Å²) in [5, 5.41) is 0. The van der Waals surface area contributed by atoms with Crippen LogP contribution in [0.15, 0.2) is 35.1 Å². The molecule has 0 unspecified atom stereocenters. The van der Waals surface area contributed by atoms with E-state index in [1.54, 1.807) is 13.3 Å². The van der Waals surface area contributed by atoms with E-state index < -0.39 is 0 Å². The molecule has 18 heavy (non-hydrogen) atoms. The van der Waals surface area contributed by atoms with Crippen LogP contribution in [0.3, 0.4) is 0 Å². The van der Waals surface area contributed by atoms with E-state index >= 15 is 0 Å². The van der Waals surface area contributed by atoms with Gasteiger partial charge in [-0.1, -0.05) is 0 Å². The van der Waals surface area contributed by atoms with E-state index in [1.807, 2.05) is 31.2 Å². The molecule has 0 aliphatic rings. The normalized spacial score (nSPS) is 10.2.